The van der Waals surface area contributed by atoms with E-state index >= 15 is 0 Å². The highest BCUT2D eigenvalue weighted by Gasteiger charge is 2.06. The fourth-order valence-corrected chi connectivity index (χ4v) is 2.86. The van der Waals surface area contributed by atoms with Crippen LogP contribution in [0.3, 0.4) is 0 Å². The third-order valence-electron chi connectivity index (χ3n) is 2.71. The van der Waals surface area contributed by atoms with Gasteiger partial charge >= 0.3 is 0 Å². The van der Waals surface area contributed by atoms with Crippen molar-refractivity contribution in [3.63, 3.8) is 0 Å². The van der Waals surface area contributed by atoms with E-state index in [-0.39, 0.29) is 6.04 Å². The second kappa shape index (κ2) is 6.14. The van der Waals surface area contributed by atoms with Gasteiger partial charge in [0.15, 0.2) is 0 Å². The van der Waals surface area contributed by atoms with Crippen LogP contribution in [0.4, 0.5) is 0 Å². The van der Waals surface area contributed by atoms with E-state index in [9.17, 15) is 0 Å². The van der Waals surface area contributed by atoms with Crippen molar-refractivity contribution in [2.75, 3.05) is 0 Å². The summed E-state index contributed by atoms with van der Waals surface area (Å²) < 4.78 is 1.09. The maximum Gasteiger partial charge on any atom is 0.100 e. The maximum atomic E-state index is 8.77. The summed E-state index contributed by atoms with van der Waals surface area (Å²) in [5.41, 5.74) is 1.99. The van der Waals surface area contributed by atoms with E-state index in [1.54, 1.807) is 11.3 Å². The van der Waals surface area contributed by atoms with Gasteiger partial charge < -0.3 is 5.32 Å². The zero-order valence-corrected chi connectivity index (χ0v) is 12.4. The molecule has 0 aliphatic rings. The SMILES string of the molecule is C[C@H](NCc1cc(C#N)cs1)c1cccc(Br)c1. The van der Waals surface area contributed by atoms with Crippen molar-refractivity contribution < 1.29 is 0 Å². The fraction of sp³-hybridized carbons (Fsp3) is 0.214. The first-order valence-corrected chi connectivity index (χ1v) is 7.32. The summed E-state index contributed by atoms with van der Waals surface area (Å²) in [7, 11) is 0. The first-order chi connectivity index (χ1) is 8.69. The van der Waals surface area contributed by atoms with Gasteiger partial charge in [-0.25, -0.2) is 0 Å². The average Bonchev–Trinajstić information content (AvgIpc) is 2.84. The van der Waals surface area contributed by atoms with Crippen molar-refractivity contribution in [3.05, 3.63) is 56.2 Å². The van der Waals surface area contributed by atoms with Gasteiger partial charge in [0, 0.05) is 27.3 Å². The third kappa shape index (κ3) is 3.42. The lowest BCUT2D eigenvalue weighted by molar-refractivity contribution is 0.578. The number of hydrogen-bond donors (Lipinski definition) is 1. The summed E-state index contributed by atoms with van der Waals surface area (Å²) in [5.74, 6) is 0. The van der Waals surface area contributed by atoms with Gasteiger partial charge in [-0.2, -0.15) is 5.26 Å². The molecule has 0 aliphatic heterocycles. The van der Waals surface area contributed by atoms with Gasteiger partial charge in [-0.3, -0.25) is 0 Å². The lowest BCUT2D eigenvalue weighted by Gasteiger charge is -2.13. The molecule has 18 heavy (non-hydrogen) atoms. The smallest absolute Gasteiger partial charge is 0.100 e. The molecule has 0 fully saturated rings. The van der Waals surface area contributed by atoms with Crippen LogP contribution in [0.5, 0.6) is 0 Å². The number of thiophene rings is 1. The molecule has 1 N–H and O–H groups in total. The molecule has 0 saturated carbocycles. The molecule has 0 amide bonds. The minimum absolute atomic E-state index is 0.287. The Labute approximate surface area is 119 Å². The number of benzene rings is 1. The highest BCUT2D eigenvalue weighted by atomic mass is 79.9. The normalized spacial score (nSPS) is 12.1. The molecular weight excluding hydrogens is 308 g/mol. The quantitative estimate of drug-likeness (QED) is 0.914. The summed E-state index contributed by atoms with van der Waals surface area (Å²) in [6.07, 6.45) is 0. The van der Waals surface area contributed by atoms with Gasteiger partial charge in [0.05, 0.1) is 5.56 Å². The number of hydrogen-bond acceptors (Lipinski definition) is 3. The Kier molecular flexibility index (Phi) is 4.54. The molecule has 1 heterocycles. The van der Waals surface area contributed by atoms with Crippen molar-refractivity contribution in [1.29, 1.82) is 5.26 Å². The zero-order chi connectivity index (χ0) is 13.0. The van der Waals surface area contributed by atoms with Crippen LogP contribution in [-0.4, -0.2) is 0 Å². The van der Waals surface area contributed by atoms with Gasteiger partial charge in [-0.15, -0.1) is 11.3 Å². The third-order valence-corrected chi connectivity index (χ3v) is 4.14. The largest absolute Gasteiger partial charge is 0.305 e. The van der Waals surface area contributed by atoms with Crippen molar-refractivity contribution in [2.24, 2.45) is 0 Å². The molecule has 1 aromatic carbocycles. The molecule has 0 aliphatic carbocycles. The predicted octanol–water partition coefficient (Wildman–Crippen LogP) is 4.23. The average molecular weight is 321 g/mol. The second-order valence-electron chi connectivity index (χ2n) is 4.07. The highest BCUT2D eigenvalue weighted by Crippen LogP contribution is 2.19. The van der Waals surface area contributed by atoms with Gasteiger partial charge in [0.2, 0.25) is 0 Å². The number of nitriles is 1. The molecule has 0 unspecified atom stereocenters. The van der Waals surface area contributed by atoms with E-state index in [2.05, 4.69) is 46.4 Å². The van der Waals surface area contributed by atoms with Crippen molar-refractivity contribution in [1.82, 2.24) is 5.32 Å². The number of nitrogens with one attached hydrogen (secondary N) is 1. The number of halogens is 1. The Hall–Kier alpha value is -1.15. The first-order valence-electron chi connectivity index (χ1n) is 5.65. The Bertz CT molecular complexity index is 571. The standard InChI is InChI=1S/C14H13BrN2S/c1-10(12-3-2-4-13(15)6-12)17-8-14-5-11(7-16)9-18-14/h2-6,9-10,17H,8H2,1H3/t10-/m0/s1. The summed E-state index contributed by atoms with van der Waals surface area (Å²) in [5, 5.41) is 14.1. The summed E-state index contributed by atoms with van der Waals surface area (Å²) in [6.45, 7) is 2.93. The van der Waals surface area contributed by atoms with E-state index in [0.29, 0.717) is 0 Å². The Morgan fingerprint density at radius 1 is 1.44 bits per heavy atom. The Morgan fingerprint density at radius 2 is 2.28 bits per heavy atom. The van der Waals surface area contributed by atoms with Crippen LogP contribution in [0.15, 0.2) is 40.2 Å². The minimum atomic E-state index is 0.287. The molecule has 2 aromatic rings. The van der Waals surface area contributed by atoms with Crippen LogP contribution in [0.25, 0.3) is 0 Å². The molecule has 0 spiro atoms. The molecule has 4 heteroatoms. The molecule has 0 bridgehead atoms. The molecule has 0 radical (unpaired) electrons. The van der Waals surface area contributed by atoms with Crippen LogP contribution < -0.4 is 5.32 Å². The highest BCUT2D eigenvalue weighted by molar-refractivity contribution is 9.10. The van der Waals surface area contributed by atoms with Crippen molar-refractivity contribution in [2.45, 2.75) is 19.5 Å². The van der Waals surface area contributed by atoms with Crippen molar-refractivity contribution >= 4 is 27.3 Å². The van der Waals surface area contributed by atoms with E-state index in [0.717, 1.165) is 16.6 Å². The number of rotatable bonds is 4. The van der Waals surface area contributed by atoms with Crippen LogP contribution >= 0.6 is 27.3 Å². The molecule has 2 rings (SSSR count). The van der Waals surface area contributed by atoms with E-state index < -0.39 is 0 Å². The van der Waals surface area contributed by atoms with Gasteiger partial charge in [-0.05, 0) is 30.7 Å². The predicted molar refractivity (Wildman–Crippen MR) is 78.4 cm³/mol. The monoisotopic (exact) mass is 320 g/mol. The molecular formula is C14H13BrN2S. The number of nitrogens with zero attached hydrogens (tertiary/aromatic N) is 1. The van der Waals surface area contributed by atoms with Gasteiger partial charge in [0.25, 0.3) is 0 Å². The minimum Gasteiger partial charge on any atom is -0.305 e. The topological polar surface area (TPSA) is 35.8 Å². The molecule has 2 nitrogen and oxygen atoms in total. The zero-order valence-electron chi connectivity index (χ0n) is 9.98. The fourth-order valence-electron chi connectivity index (χ4n) is 1.68. The Morgan fingerprint density at radius 3 is 2.94 bits per heavy atom. The first kappa shape index (κ1) is 13.3. The van der Waals surface area contributed by atoms with Crippen molar-refractivity contribution in [3.8, 4) is 6.07 Å². The van der Waals surface area contributed by atoms with E-state index in [4.69, 9.17) is 5.26 Å². The van der Waals surface area contributed by atoms with Crippen LogP contribution in [0, 0.1) is 11.3 Å². The maximum absolute atomic E-state index is 8.77. The lowest BCUT2D eigenvalue weighted by atomic mass is 10.1. The molecule has 1 atom stereocenters. The summed E-state index contributed by atoms with van der Waals surface area (Å²) in [4.78, 5) is 1.19. The molecule has 0 saturated heterocycles. The van der Waals surface area contributed by atoms with Gasteiger partial charge in [-0.1, -0.05) is 28.1 Å². The van der Waals surface area contributed by atoms with Crippen LogP contribution in [-0.2, 0) is 6.54 Å². The summed E-state index contributed by atoms with van der Waals surface area (Å²) >= 11 is 5.10. The Balaban J connectivity index is 1.96. The molecule has 92 valence electrons. The lowest BCUT2D eigenvalue weighted by Crippen LogP contribution is -2.17. The summed E-state index contributed by atoms with van der Waals surface area (Å²) in [6, 6.07) is 12.7. The van der Waals surface area contributed by atoms with Gasteiger partial charge in [0.1, 0.15) is 6.07 Å². The van der Waals surface area contributed by atoms with Crippen LogP contribution in [0.1, 0.15) is 29.0 Å². The van der Waals surface area contributed by atoms with E-state index in [1.807, 2.05) is 23.6 Å². The van der Waals surface area contributed by atoms with E-state index in [1.165, 1.54) is 10.4 Å². The second-order valence-corrected chi connectivity index (χ2v) is 5.98. The molecule has 1 aromatic heterocycles. The van der Waals surface area contributed by atoms with Crippen LogP contribution in [0.2, 0.25) is 0 Å².